The Balaban J connectivity index is 1.89. The molecule has 1 fully saturated rings. The Kier molecular flexibility index (Phi) is 3.68. The van der Waals surface area contributed by atoms with E-state index in [0.29, 0.717) is 13.0 Å². The van der Waals surface area contributed by atoms with Crippen molar-refractivity contribution < 1.29 is 14.7 Å². The lowest BCUT2D eigenvalue weighted by atomic mass is 10.1. The van der Waals surface area contributed by atoms with Crippen molar-refractivity contribution in [2.24, 2.45) is 0 Å². The minimum Gasteiger partial charge on any atom is -0.394 e. The van der Waals surface area contributed by atoms with Gasteiger partial charge in [-0.25, -0.2) is 0 Å². The van der Waals surface area contributed by atoms with Crippen LogP contribution >= 0.6 is 0 Å². The van der Waals surface area contributed by atoms with Gasteiger partial charge in [0.2, 0.25) is 11.8 Å². The van der Waals surface area contributed by atoms with Gasteiger partial charge in [-0.15, -0.1) is 0 Å². The number of carbonyl (C=O) groups is 2. The summed E-state index contributed by atoms with van der Waals surface area (Å²) in [7, 11) is 0. The van der Waals surface area contributed by atoms with Crippen LogP contribution in [0.15, 0.2) is 24.3 Å². The number of aliphatic hydroxyl groups is 1. The Morgan fingerprint density at radius 1 is 1.33 bits per heavy atom. The largest absolute Gasteiger partial charge is 0.394 e. The number of rotatable bonds is 2. The van der Waals surface area contributed by atoms with Crippen molar-refractivity contribution in [1.29, 1.82) is 0 Å². The molecule has 112 valence electrons. The van der Waals surface area contributed by atoms with Gasteiger partial charge in [-0.05, 0) is 24.5 Å². The normalized spacial score (nSPS) is 24.3. The predicted molar refractivity (Wildman–Crippen MR) is 78.9 cm³/mol. The first kappa shape index (κ1) is 14.1. The molecule has 1 aromatic carbocycles. The molecule has 1 saturated heterocycles. The fraction of sp³-hybridized carbons (Fsp3) is 0.500. The summed E-state index contributed by atoms with van der Waals surface area (Å²) in [5.41, 5.74) is 1.87. The van der Waals surface area contributed by atoms with E-state index in [1.54, 1.807) is 9.80 Å². The van der Waals surface area contributed by atoms with Crippen LogP contribution in [0.3, 0.4) is 0 Å². The number of para-hydroxylation sites is 1. The Morgan fingerprint density at radius 3 is 2.81 bits per heavy atom. The number of nitrogens with zero attached hydrogens (tertiary/aromatic N) is 2. The Labute approximate surface area is 124 Å². The number of hydrogen-bond donors (Lipinski definition) is 1. The number of hydrogen-bond acceptors (Lipinski definition) is 3. The second-order valence-corrected chi connectivity index (χ2v) is 5.75. The van der Waals surface area contributed by atoms with E-state index < -0.39 is 6.04 Å². The highest BCUT2D eigenvalue weighted by Gasteiger charge is 2.41. The molecule has 0 bridgehead atoms. The molecule has 3 rings (SSSR count). The maximum atomic E-state index is 12.8. The molecule has 0 unspecified atom stereocenters. The number of anilines is 1. The average Bonchev–Trinajstić information content (AvgIpc) is 3.10. The minimum atomic E-state index is -0.466. The highest BCUT2D eigenvalue weighted by molar-refractivity contribution is 6.02. The summed E-state index contributed by atoms with van der Waals surface area (Å²) in [6.45, 7) is 2.16. The van der Waals surface area contributed by atoms with Crippen molar-refractivity contribution >= 4 is 17.5 Å². The maximum absolute atomic E-state index is 12.8. The van der Waals surface area contributed by atoms with Crippen LogP contribution in [0.2, 0.25) is 0 Å². The first-order valence-electron chi connectivity index (χ1n) is 7.42. The van der Waals surface area contributed by atoms with E-state index in [2.05, 4.69) is 0 Å². The molecule has 0 aliphatic carbocycles. The summed E-state index contributed by atoms with van der Waals surface area (Å²) < 4.78 is 0. The zero-order valence-electron chi connectivity index (χ0n) is 12.2. The topological polar surface area (TPSA) is 60.9 Å². The lowest BCUT2D eigenvalue weighted by Crippen LogP contribution is -2.51. The number of benzene rings is 1. The minimum absolute atomic E-state index is 0.00845. The lowest BCUT2D eigenvalue weighted by molar-refractivity contribution is -0.135. The molecule has 2 atom stereocenters. The van der Waals surface area contributed by atoms with Crippen molar-refractivity contribution in [3.63, 3.8) is 0 Å². The summed E-state index contributed by atoms with van der Waals surface area (Å²) in [6, 6.07) is 7.09. The SMILES string of the molecule is CC(=O)N1c2ccccc2C[C@H]1C(=O)N1CCC[C@@H]1CO. The first-order chi connectivity index (χ1) is 10.1. The van der Waals surface area contributed by atoms with Gasteiger partial charge in [-0.1, -0.05) is 18.2 Å². The molecule has 2 amide bonds. The summed E-state index contributed by atoms with van der Waals surface area (Å²) in [5.74, 6) is -0.156. The van der Waals surface area contributed by atoms with Gasteiger partial charge in [0.1, 0.15) is 6.04 Å². The van der Waals surface area contributed by atoms with Crippen LogP contribution < -0.4 is 4.90 Å². The molecule has 1 aromatic rings. The second-order valence-electron chi connectivity index (χ2n) is 5.75. The molecule has 0 aromatic heterocycles. The number of fused-ring (bicyclic) bond motifs is 1. The number of carbonyl (C=O) groups excluding carboxylic acids is 2. The van der Waals surface area contributed by atoms with E-state index in [1.165, 1.54) is 6.92 Å². The van der Waals surface area contributed by atoms with Crippen LogP contribution in [0.4, 0.5) is 5.69 Å². The lowest BCUT2D eigenvalue weighted by Gasteiger charge is -2.30. The molecule has 2 heterocycles. The standard InChI is InChI=1S/C16H20N2O3/c1-11(20)18-14-7-3-2-5-12(14)9-15(18)16(21)17-8-4-6-13(17)10-19/h2-3,5,7,13,15,19H,4,6,8-10H2,1H3/t13-,15+/m1/s1. The van der Waals surface area contributed by atoms with Crippen molar-refractivity contribution in [3.8, 4) is 0 Å². The monoisotopic (exact) mass is 288 g/mol. The number of likely N-dealkylation sites (tertiary alicyclic amines) is 1. The number of amides is 2. The molecule has 21 heavy (non-hydrogen) atoms. The van der Waals surface area contributed by atoms with E-state index >= 15 is 0 Å². The molecule has 0 spiro atoms. The van der Waals surface area contributed by atoms with Crippen LogP contribution in [-0.4, -0.2) is 47.1 Å². The zero-order valence-corrected chi connectivity index (χ0v) is 12.2. The van der Waals surface area contributed by atoms with Crippen molar-refractivity contribution in [3.05, 3.63) is 29.8 Å². The van der Waals surface area contributed by atoms with Crippen LogP contribution in [0.5, 0.6) is 0 Å². The first-order valence-corrected chi connectivity index (χ1v) is 7.42. The molecular formula is C16H20N2O3. The molecule has 5 heteroatoms. The fourth-order valence-corrected chi connectivity index (χ4v) is 3.48. The zero-order chi connectivity index (χ0) is 15.0. The molecular weight excluding hydrogens is 268 g/mol. The quantitative estimate of drug-likeness (QED) is 0.881. The highest BCUT2D eigenvalue weighted by atomic mass is 16.3. The van der Waals surface area contributed by atoms with Gasteiger partial charge in [-0.2, -0.15) is 0 Å². The van der Waals surface area contributed by atoms with Crippen LogP contribution in [0.25, 0.3) is 0 Å². The maximum Gasteiger partial charge on any atom is 0.246 e. The smallest absolute Gasteiger partial charge is 0.246 e. The van der Waals surface area contributed by atoms with Gasteiger partial charge < -0.3 is 10.0 Å². The summed E-state index contributed by atoms with van der Waals surface area (Å²) in [4.78, 5) is 28.2. The Hall–Kier alpha value is -1.88. The van der Waals surface area contributed by atoms with E-state index in [9.17, 15) is 14.7 Å². The van der Waals surface area contributed by atoms with Crippen LogP contribution in [0, 0.1) is 0 Å². The second kappa shape index (κ2) is 5.48. The van der Waals surface area contributed by atoms with Gasteiger partial charge in [0, 0.05) is 25.6 Å². The van der Waals surface area contributed by atoms with Crippen LogP contribution in [-0.2, 0) is 16.0 Å². The predicted octanol–water partition coefficient (Wildman–Crippen LogP) is 0.948. The highest BCUT2D eigenvalue weighted by Crippen LogP contribution is 2.34. The van der Waals surface area contributed by atoms with Gasteiger partial charge in [-0.3, -0.25) is 14.5 Å². The van der Waals surface area contributed by atoms with E-state index in [-0.39, 0.29) is 24.5 Å². The third-order valence-corrected chi connectivity index (χ3v) is 4.47. The third kappa shape index (κ3) is 2.31. The Morgan fingerprint density at radius 2 is 2.10 bits per heavy atom. The molecule has 0 radical (unpaired) electrons. The van der Waals surface area contributed by atoms with Crippen LogP contribution in [0.1, 0.15) is 25.3 Å². The van der Waals surface area contributed by atoms with Crippen molar-refractivity contribution in [2.45, 2.75) is 38.3 Å². The van der Waals surface area contributed by atoms with Gasteiger partial charge in [0.15, 0.2) is 0 Å². The average molecular weight is 288 g/mol. The van der Waals surface area contributed by atoms with E-state index in [0.717, 1.165) is 24.1 Å². The molecule has 2 aliphatic heterocycles. The van der Waals surface area contributed by atoms with E-state index in [4.69, 9.17) is 0 Å². The Bertz CT molecular complexity index is 572. The summed E-state index contributed by atoms with van der Waals surface area (Å²) in [5, 5.41) is 9.40. The van der Waals surface area contributed by atoms with Gasteiger partial charge in [0.05, 0.1) is 12.6 Å². The molecule has 1 N–H and O–H groups in total. The molecule has 5 nitrogen and oxygen atoms in total. The van der Waals surface area contributed by atoms with Gasteiger partial charge >= 0.3 is 0 Å². The van der Waals surface area contributed by atoms with E-state index in [1.807, 2.05) is 24.3 Å². The summed E-state index contributed by atoms with van der Waals surface area (Å²) in [6.07, 6.45) is 2.31. The molecule has 0 saturated carbocycles. The van der Waals surface area contributed by atoms with Crippen molar-refractivity contribution in [2.75, 3.05) is 18.1 Å². The van der Waals surface area contributed by atoms with Crippen molar-refractivity contribution in [1.82, 2.24) is 4.90 Å². The summed E-state index contributed by atoms with van der Waals surface area (Å²) >= 11 is 0. The number of aliphatic hydroxyl groups excluding tert-OH is 1. The van der Waals surface area contributed by atoms with Gasteiger partial charge in [0.25, 0.3) is 0 Å². The third-order valence-electron chi connectivity index (χ3n) is 4.47. The molecule has 2 aliphatic rings. The fourth-order valence-electron chi connectivity index (χ4n) is 3.48.